The van der Waals surface area contributed by atoms with Gasteiger partial charge < -0.3 is 9.47 Å². The highest BCUT2D eigenvalue weighted by Crippen LogP contribution is 2.33. The van der Waals surface area contributed by atoms with Crippen LogP contribution in [0, 0.1) is 0 Å². The SMILES string of the molecule is COC(=O)CN(c1ccccc1OC)S(=O)(=O)c1ccc(Cl)c(Cl)c1. The number of carbonyl (C=O) groups is 1. The first-order valence-electron chi connectivity index (χ1n) is 6.99. The first-order chi connectivity index (χ1) is 11.8. The molecule has 0 saturated carbocycles. The molecule has 0 radical (unpaired) electrons. The molecular weight excluding hydrogens is 389 g/mol. The maximum atomic E-state index is 13.1. The van der Waals surface area contributed by atoms with Gasteiger partial charge in [0.05, 0.1) is 34.8 Å². The van der Waals surface area contributed by atoms with E-state index in [1.54, 1.807) is 18.2 Å². The molecule has 0 aliphatic heterocycles. The lowest BCUT2D eigenvalue weighted by Crippen LogP contribution is -2.36. The second kappa shape index (κ2) is 7.95. The second-order valence-corrected chi connectivity index (χ2v) is 7.51. The zero-order valence-corrected chi connectivity index (χ0v) is 15.7. The Labute approximate surface area is 155 Å². The summed E-state index contributed by atoms with van der Waals surface area (Å²) >= 11 is 11.8. The summed E-state index contributed by atoms with van der Waals surface area (Å²) < 4.78 is 36.9. The molecule has 0 amide bonds. The van der Waals surface area contributed by atoms with Crippen molar-refractivity contribution in [3.8, 4) is 5.75 Å². The van der Waals surface area contributed by atoms with Crippen molar-refractivity contribution < 1.29 is 22.7 Å². The molecule has 0 N–H and O–H groups in total. The number of sulfonamides is 1. The Morgan fingerprint density at radius 3 is 2.36 bits per heavy atom. The molecule has 0 unspecified atom stereocenters. The number of para-hydroxylation sites is 2. The third kappa shape index (κ3) is 4.18. The van der Waals surface area contributed by atoms with Gasteiger partial charge in [0.2, 0.25) is 0 Å². The van der Waals surface area contributed by atoms with Crippen LogP contribution in [-0.2, 0) is 19.6 Å². The molecule has 134 valence electrons. The molecule has 0 aliphatic carbocycles. The Morgan fingerprint density at radius 1 is 1.08 bits per heavy atom. The molecule has 0 aromatic heterocycles. The number of benzene rings is 2. The van der Waals surface area contributed by atoms with Gasteiger partial charge in [-0.15, -0.1) is 0 Å². The summed E-state index contributed by atoms with van der Waals surface area (Å²) in [6.45, 7) is -0.528. The van der Waals surface area contributed by atoms with Crippen LogP contribution < -0.4 is 9.04 Å². The van der Waals surface area contributed by atoms with Gasteiger partial charge in [-0.2, -0.15) is 0 Å². The molecule has 25 heavy (non-hydrogen) atoms. The molecule has 2 aromatic carbocycles. The fraction of sp³-hybridized carbons (Fsp3) is 0.188. The number of hydrogen-bond donors (Lipinski definition) is 0. The number of anilines is 1. The molecular formula is C16H15Cl2NO5S. The van der Waals surface area contributed by atoms with Crippen LogP contribution >= 0.6 is 23.2 Å². The Hall–Kier alpha value is -1.96. The van der Waals surface area contributed by atoms with Crippen molar-refractivity contribution in [3.63, 3.8) is 0 Å². The van der Waals surface area contributed by atoms with Crippen molar-refractivity contribution >= 4 is 44.9 Å². The average Bonchev–Trinajstić information content (AvgIpc) is 2.61. The minimum absolute atomic E-state index is 0.0841. The summed E-state index contributed by atoms with van der Waals surface area (Å²) in [7, 11) is -1.54. The van der Waals surface area contributed by atoms with Crippen molar-refractivity contribution in [3.05, 3.63) is 52.5 Å². The van der Waals surface area contributed by atoms with E-state index in [1.165, 1.54) is 38.5 Å². The predicted octanol–water partition coefficient (Wildman–Crippen LogP) is 3.37. The number of nitrogens with zero attached hydrogens (tertiary/aromatic N) is 1. The summed E-state index contributed by atoms with van der Waals surface area (Å²) in [5.74, 6) is -0.440. The van der Waals surface area contributed by atoms with Crippen LogP contribution in [-0.4, -0.2) is 35.2 Å². The van der Waals surface area contributed by atoms with E-state index in [9.17, 15) is 13.2 Å². The van der Waals surface area contributed by atoms with E-state index in [-0.39, 0.29) is 26.4 Å². The highest BCUT2D eigenvalue weighted by molar-refractivity contribution is 7.92. The Bertz CT molecular complexity index is 886. The van der Waals surface area contributed by atoms with Crippen molar-refractivity contribution in [2.45, 2.75) is 4.90 Å². The van der Waals surface area contributed by atoms with Gasteiger partial charge in [0, 0.05) is 0 Å². The minimum atomic E-state index is -4.12. The third-order valence-electron chi connectivity index (χ3n) is 3.33. The molecule has 0 heterocycles. The lowest BCUT2D eigenvalue weighted by atomic mass is 10.3. The number of esters is 1. The Balaban J connectivity index is 2.61. The van der Waals surface area contributed by atoms with E-state index >= 15 is 0 Å². The number of methoxy groups -OCH3 is 2. The van der Waals surface area contributed by atoms with Crippen LogP contribution in [0.4, 0.5) is 5.69 Å². The van der Waals surface area contributed by atoms with Gasteiger partial charge in [-0.1, -0.05) is 35.3 Å². The van der Waals surface area contributed by atoms with Crippen LogP contribution in [0.2, 0.25) is 10.0 Å². The number of rotatable bonds is 6. The first kappa shape index (κ1) is 19.4. The van der Waals surface area contributed by atoms with Crippen LogP contribution in [0.5, 0.6) is 5.75 Å². The summed E-state index contributed by atoms with van der Waals surface area (Å²) in [5.41, 5.74) is 0.196. The van der Waals surface area contributed by atoms with E-state index in [0.29, 0.717) is 0 Å². The highest BCUT2D eigenvalue weighted by atomic mass is 35.5. The molecule has 0 bridgehead atoms. The number of halogens is 2. The van der Waals surface area contributed by atoms with Crippen LogP contribution in [0.25, 0.3) is 0 Å². The maximum absolute atomic E-state index is 13.1. The van der Waals surface area contributed by atoms with Gasteiger partial charge in [-0.05, 0) is 30.3 Å². The molecule has 0 fully saturated rings. The topological polar surface area (TPSA) is 72.9 Å². The van der Waals surface area contributed by atoms with Crippen molar-refractivity contribution in [2.75, 3.05) is 25.1 Å². The Morgan fingerprint density at radius 2 is 1.76 bits per heavy atom. The third-order valence-corrected chi connectivity index (χ3v) is 5.83. The standard InChI is InChI=1S/C16H15Cl2NO5S/c1-23-15-6-4-3-5-14(15)19(10-16(20)24-2)25(21,22)11-7-8-12(17)13(18)9-11/h3-9H,10H2,1-2H3. The fourth-order valence-electron chi connectivity index (χ4n) is 2.08. The number of carbonyl (C=O) groups excluding carboxylic acids is 1. The second-order valence-electron chi connectivity index (χ2n) is 4.84. The van der Waals surface area contributed by atoms with Gasteiger partial charge in [0.25, 0.3) is 10.0 Å². The summed E-state index contributed by atoms with van der Waals surface area (Å²) in [6.07, 6.45) is 0. The largest absolute Gasteiger partial charge is 0.495 e. The first-order valence-corrected chi connectivity index (χ1v) is 9.18. The zero-order valence-electron chi connectivity index (χ0n) is 13.4. The van der Waals surface area contributed by atoms with Crippen molar-refractivity contribution in [1.82, 2.24) is 0 Å². The molecule has 0 aliphatic rings. The highest BCUT2D eigenvalue weighted by Gasteiger charge is 2.30. The molecule has 0 saturated heterocycles. The number of ether oxygens (including phenoxy) is 2. The van der Waals surface area contributed by atoms with E-state index in [1.807, 2.05) is 0 Å². The molecule has 6 nitrogen and oxygen atoms in total. The molecule has 9 heteroatoms. The van der Waals surface area contributed by atoms with Crippen LogP contribution in [0.1, 0.15) is 0 Å². The maximum Gasteiger partial charge on any atom is 0.326 e. The molecule has 0 atom stereocenters. The van der Waals surface area contributed by atoms with Crippen molar-refractivity contribution in [1.29, 1.82) is 0 Å². The van der Waals surface area contributed by atoms with Crippen LogP contribution in [0.15, 0.2) is 47.4 Å². The summed E-state index contributed by atoms with van der Waals surface area (Å²) in [4.78, 5) is 11.7. The van der Waals surface area contributed by atoms with E-state index < -0.39 is 22.5 Å². The summed E-state index contributed by atoms with van der Waals surface area (Å²) in [6, 6.07) is 10.3. The summed E-state index contributed by atoms with van der Waals surface area (Å²) in [5, 5.41) is 0.304. The molecule has 2 rings (SSSR count). The van der Waals surface area contributed by atoms with E-state index in [4.69, 9.17) is 27.9 Å². The lowest BCUT2D eigenvalue weighted by Gasteiger charge is -2.25. The molecule has 0 spiro atoms. The fourth-order valence-corrected chi connectivity index (χ4v) is 3.89. The van der Waals surface area contributed by atoms with E-state index in [2.05, 4.69) is 4.74 Å². The smallest absolute Gasteiger partial charge is 0.326 e. The molecule has 2 aromatic rings. The van der Waals surface area contributed by atoms with E-state index in [0.717, 1.165) is 4.31 Å². The minimum Gasteiger partial charge on any atom is -0.495 e. The Kier molecular flexibility index (Phi) is 6.16. The zero-order chi connectivity index (χ0) is 18.6. The quantitative estimate of drug-likeness (QED) is 0.691. The van der Waals surface area contributed by atoms with Crippen LogP contribution in [0.3, 0.4) is 0 Å². The van der Waals surface area contributed by atoms with Gasteiger partial charge in [0.1, 0.15) is 12.3 Å². The van der Waals surface area contributed by atoms with Gasteiger partial charge >= 0.3 is 5.97 Å². The normalized spacial score (nSPS) is 11.0. The predicted molar refractivity (Wildman–Crippen MR) is 96.0 cm³/mol. The monoisotopic (exact) mass is 403 g/mol. The van der Waals surface area contributed by atoms with Gasteiger partial charge in [0.15, 0.2) is 0 Å². The average molecular weight is 404 g/mol. The number of hydrogen-bond acceptors (Lipinski definition) is 5. The van der Waals surface area contributed by atoms with Crippen molar-refractivity contribution in [2.24, 2.45) is 0 Å². The van der Waals surface area contributed by atoms with Gasteiger partial charge in [-0.3, -0.25) is 9.10 Å². The lowest BCUT2D eigenvalue weighted by molar-refractivity contribution is -0.138. The van der Waals surface area contributed by atoms with Gasteiger partial charge in [-0.25, -0.2) is 8.42 Å².